The average Bonchev–Trinajstić information content (AvgIpc) is 3.46. The van der Waals surface area contributed by atoms with E-state index in [1.807, 2.05) is 0 Å². The van der Waals surface area contributed by atoms with Crippen LogP contribution >= 0.6 is 0 Å². The Kier molecular flexibility index (Phi) is 67.6. The number of allylic oxidation sites excluding steroid dienone is 4. The maximum absolute atomic E-state index is 13.0. The van der Waals surface area contributed by atoms with E-state index < -0.39 is 6.10 Å². The molecule has 472 valence electrons. The molecule has 0 saturated carbocycles. The lowest BCUT2D eigenvalue weighted by Gasteiger charge is -2.18. The Morgan fingerprint density at radius 1 is 0.237 bits per heavy atom. The minimum atomic E-state index is -0.773. The summed E-state index contributed by atoms with van der Waals surface area (Å²) in [6.07, 6.45) is 85.0. The molecule has 0 saturated heterocycles. The van der Waals surface area contributed by atoms with Gasteiger partial charge in [0.15, 0.2) is 6.10 Å². The molecular weight excluding hydrogens is 985 g/mol. The van der Waals surface area contributed by atoms with Crippen molar-refractivity contribution in [1.82, 2.24) is 0 Å². The third-order valence-electron chi connectivity index (χ3n) is 16.7. The lowest BCUT2D eigenvalue weighted by molar-refractivity contribution is -0.167. The van der Waals surface area contributed by atoms with Crippen LogP contribution in [0.5, 0.6) is 0 Å². The van der Waals surface area contributed by atoms with Gasteiger partial charge in [-0.15, -0.1) is 0 Å². The fraction of sp³-hybridized carbons (Fsp3) is 0.905. The van der Waals surface area contributed by atoms with Crippen LogP contribution in [0.1, 0.15) is 412 Å². The summed E-state index contributed by atoms with van der Waals surface area (Å²) in [7, 11) is 0. The highest BCUT2D eigenvalue weighted by atomic mass is 16.6. The lowest BCUT2D eigenvalue weighted by atomic mass is 10.0. The van der Waals surface area contributed by atoms with Gasteiger partial charge in [-0.25, -0.2) is 0 Å². The molecule has 80 heavy (non-hydrogen) atoms. The highest BCUT2D eigenvalue weighted by Gasteiger charge is 2.19. The highest BCUT2D eigenvalue weighted by Crippen LogP contribution is 2.19. The monoisotopic (exact) mass is 1130 g/mol. The van der Waals surface area contributed by atoms with E-state index in [9.17, 15) is 14.4 Å². The summed E-state index contributed by atoms with van der Waals surface area (Å²) in [5, 5.41) is 0. The second kappa shape index (κ2) is 69.4. The molecular formula is C74H140O6. The normalized spacial score (nSPS) is 12.1. The van der Waals surface area contributed by atoms with E-state index in [1.165, 1.54) is 308 Å². The zero-order valence-corrected chi connectivity index (χ0v) is 54.4. The molecule has 1 atom stereocenters. The molecule has 0 N–H and O–H groups in total. The number of hydrogen-bond donors (Lipinski definition) is 0. The summed E-state index contributed by atoms with van der Waals surface area (Å²) >= 11 is 0. The molecule has 0 spiro atoms. The van der Waals surface area contributed by atoms with Crippen LogP contribution in [0.25, 0.3) is 0 Å². The number of carbonyl (C=O) groups excluding carboxylic acids is 3. The van der Waals surface area contributed by atoms with Crippen molar-refractivity contribution in [3.8, 4) is 0 Å². The largest absolute Gasteiger partial charge is 0.462 e. The van der Waals surface area contributed by atoms with Crippen LogP contribution in [0.2, 0.25) is 0 Å². The fourth-order valence-corrected chi connectivity index (χ4v) is 11.2. The Bertz CT molecular complexity index is 1290. The standard InChI is InChI=1S/C74H140O6/c1-4-7-10-13-16-19-22-25-28-31-33-35-37-39-41-43-46-49-52-55-58-61-64-67-73(76)79-70-71(69-78-72(75)66-63-60-57-54-51-48-45-30-27-24-21-18-15-12-9-6-3)80-74(77)68-65-62-59-56-53-50-47-44-42-40-38-36-34-32-29-26-23-20-17-14-11-8-5-2/h30-31,33,45,71H,4-29,32,34-44,46-70H2,1-3H3/b33-31-,45-30-. The molecule has 0 aromatic carbocycles. The van der Waals surface area contributed by atoms with Crippen LogP contribution in [0.4, 0.5) is 0 Å². The van der Waals surface area contributed by atoms with Crippen molar-refractivity contribution in [2.75, 3.05) is 13.2 Å². The van der Waals surface area contributed by atoms with Crippen molar-refractivity contribution in [2.24, 2.45) is 0 Å². The van der Waals surface area contributed by atoms with Crippen LogP contribution in [0.3, 0.4) is 0 Å². The van der Waals surface area contributed by atoms with Crippen molar-refractivity contribution < 1.29 is 28.6 Å². The van der Waals surface area contributed by atoms with E-state index in [4.69, 9.17) is 14.2 Å². The van der Waals surface area contributed by atoms with Crippen molar-refractivity contribution in [1.29, 1.82) is 0 Å². The minimum Gasteiger partial charge on any atom is -0.462 e. The zero-order chi connectivity index (χ0) is 57.8. The van der Waals surface area contributed by atoms with Crippen molar-refractivity contribution in [2.45, 2.75) is 419 Å². The second-order valence-corrected chi connectivity index (χ2v) is 24.9. The topological polar surface area (TPSA) is 78.9 Å². The first-order valence-corrected chi connectivity index (χ1v) is 36.3. The second-order valence-electron chi connectivity index (χ2n) is 24.9. The predicted octanol–water partition coefficient (Wildman–Crippen LogP) is 25.0. The van der Waals surface area contributed by atoms with E-state index in [0.717, 1.165) is 64.2 Å². The van der Waals surface area contributed by atoms with Crippen molar-refractivity contribution in [3.63, 3.8) is 0 Å². The summed E-state index contributed by atoms with van der Waals surface area (Å²) < 4.78 is 17.0. The first-order chi connectivity index (χ1) is 39.5. The molecule has 0 heterocycles. The van der Waals surface area contributed by atoms with E-state index in [-0.39, 0.29) is 31.1 Å². The predicted molar refractivity (Wildman–Crippen MR) is 349 cm³/mol. The molecule has 0 fully saturated rings. The Hall–Kier alpha value is -2.11. The van der Waals surface area contributed by atoms with Gasteiger partial charge in [-0.1, -0.05) is 347 Å². The van der Waals surface area contributed by atoms with Gasteiger partial charge in [-0.2, -0.15) is 0 Å². The Labute approximate surface area is 500 Å². The molecule has 0 aliphatic heterocycles. The molecule has 1 unspecified atom stereocenters. The molecule has 0 aliphatic rings. The molecule has 0 radical (unpaired) electrons. The summed E-state index contributed by atoms with van der Waals surface area (Å²) in [5.74, 6) is -0.844. The molecule has 0 amide bonds. The van der Waals surface area contributed by atoms with E-state index in [1.54, 1.807) is 0 Å². The first-order valence-electron chi connectivity index (χ1n) is 36.3. The Balaban J connectivity index is 4.28. The Morgan fingerprint density at radius 2 is 0.412 bits per heavy atom. The van der Waals surface area contributed by atoms with Crippen LogP contribution in [-0.4, -0.2) is 37.2 Å². The molecule has 6 heteroatoms. The number of carbonyl (C=O) groups is 3. The first kappa shape index (κ1) is 77.9. The van der Waals surface area contributed by atoms with E-state index in [0.29, 0.717) is 19.3 Å². The van der Waals surface area contributed by atoms with Gasteiger partial charge in [0.1, 0.15) is 13.2 Å². The third kappa shape index (κ3) is 66.7. The van der Waals surface area contributed by atoms with Gasteiger partial charge in [0.25, 0.3) is 0 Å². The quantitative estimate of drug-likeness (QED) is 0.0261. The van der Waals surface area contributed by atoms with Gasteiger partial charge >= 0.3 is 17.9 Å². The lowest BCUT2D eigenvalue weighted by Crippen LogP contribution is -2.30. The summed E-state index contributed by atoms with van der Waals surface area (Å²) in [6.45, 7) is 6.72. The van der Waals surface area contributed by atoms with Gasteiger partial charge in [0.05, 0.1) is 0 Å². The number of unbranched alkanes of at least 4 members (excludes halogenated alkanes) is 53. The van der Waals surface area contributed by atoms with Gasteiger partial charge in [0, 0.05) is 19.3 Å². The van der Waals surface area contributed by atoms with Gasteiger partial charge in [-0.3, -0.25) is 14.4 Å². The van der Waals surface area contributed by atoms with Crippen LogP contribution in [-0.2, 0) is 28.6 Å². The number of esters is 3. The maximum atomic E-state index is 13.0. The average molecular weight is 1130 g/mol. The SMILES string of the molecule is CCCCCCCCC/C=C\CCCCCCCC(=O)OCC(COC(=O)CCCCCCCCCCCCC/C=C\CCCCCCCCCC)OC(=O)CCCCCCCCCCCCCCCCCCCCCCCCC. The van der Waals surface area contributed by atoms with Crippen molar-refractivity contribution >= 4 is 17.9 Å². The Morgan fingerprint density at radius 3 is 0.625 bits per heavy atom. The molecule has 0 aromatic rings. The van der Waals surface area contributed by atoms with Gasteiger partial charge in [-0.05, 0) is 70.6 Å². The maximum Gasteiger partial charge on any atom is 0.306 e. The minimum absolute atomic E-state index is 0.0686. The molecule has 0 rings (SSSR count). The zero-order valence-electron chi connectivity index (χ0n) is 54.4. The molecule has 0 aromatic heterocycles. The van der Waals surface area contributed by atoms with Gasteiger partial charge in [0.2, 0.25) is 0 Å². The van der Waals surface area contributed by atoms with E-state index in [2.05, 4.69) is 45.1 Å². The van der Waals surface area contributed by atoms with Crippen LogP contribution in [0, 0.1) is 0 Å². The smallest absolute Gasteiger partial charge is 0.306 e. The number of ether oxygens (including phenoxy) is 3. The van der Waals surface area contributed by atoms with Gasteiger partial charge < -0.3 is 14.2 Å². The van der Waals surface area contributed by atoms with Crippen molar-refractivity contribution in [3.05, 3.63) is 24.3 Å². The number of rotatable bonds is 68. The fourth-order valence-electron chi connectivity index (χ4n) is 11.2. The molecule has 6 nitrogen and oxygen atoms in total. The highest BCUT2D eigenvalue weighted by molar-refractivity contribution is 5.71. The molecule has 0 bridgehead atoms. The third-order valence-corrected chi connectivity index (χ3v) is 16.7. The summed E-state index contributed by atoms with van der Waals surface area (Å²) in [6, 6.07) is 0. The van der Waals surface area contributed by atoms with Crippen LogP contribution in [0.15, 0.2) is 24.3 Å². The van der Waals surface area contributed by atoms with E-state index >= 15 is 0 Å². The summed E-state index contributed by atoms with van der Waals surface area (Å²) in [4.78, 5) is 38.5. The molecule has 0 aliphatic carbocycles. The summed E-state index contributed by atoms with van der Waals surface area (Å²) in [5.41, 5.74) is 0. The number of hydrogen-bond acceptors (Lipinski definition) is 6. The van der Waals surface area contributed by atoms with Crippen LogP contribution < -0.4 is 0 Å².